The predicted octanol–water partition coefficient (Wildman–Crippen LogP) is 1.90. The van der Waals surface area contributed by atoms with E-state index in [1.807, 2.05) is 13.8 Å². The van der Waals surface area contributed by atoms with Crippen LogP contribution in [0.2, 0.25) is 0 Å². The molecular weight excluding hydrogens is 338 g/mol. The van der Waals surface area contributed by atoms with Crippen LogP contribution in [0.5, 0.6) is 0 Å². The van der Waals surface area contributed by atoms with Gasteiger partial charge in [-0.25, -0.2) is 8.42 Å². The van der Waals surface area contributed by atoms with Gasteiger partial charge >= 0.3 is 0 Å². The molecule has 1 aliphatic heterocycles. The van der Waals surface area contributed by atoms with Crippen molar-refractivity contribution < 1.29 is 13.2 Å². The molecule has 1 aliphatic rings. The zero-order chi connectivity index (χ0) is 18.4. The maximum absolute atomic E-state index is 12.9. The van der Waals surface area contributed by atoms with Gasteiger partial charge in [-0.3, -0.25) is 4.79 Å². The van der Waals surface area contributed by atoms with Crippen LogP contribution in [0.15, 0.2) is 23.1 Å². The van der Waals surface area contributed by atoms with Crippen molar-refractivity contribution in [2.45, 2.75) is 51.0 Å². The number of benzene rings is 1. The lowest BCUT2D eigenvalue weighted by Gasteiger charge is -2.26. The average Bonchev–Trinajstić information content (AvgIpc) is 2.61. The number of hydrogen-bond acceptors (Lipinski definition) is 4. The Kier molecular flexibility index (Phi) is 6.98. The molecule has 1 aromatic rings. The Morgan fingerprint density at radius 1 is 1.24 bits per heavy atom. The van der Waals surface area contributed by atoms with Crippen LogP contribution in [-0.4, -0.2) is 50.9 Å². The number of carbonyl (C=O) groups excluding carboxylic acids is 1. The summed E-state index contributed by atoms with van der Waals surface area (Å²) in [6.07, 6.45) is 2.85. The standard InChI is InChI=1S/C18H29N3O3S/c1-4-19-15(3)13-20-18(22)16-9-8-14(2)17(12-16)25(23,24)21-10-6-5-7-11-21/h8-9,12,15,19H,4-7,10-11,13H2,1-3H3,(H,20,22)/t15-/m1/s1. The monoisotopic (exact) mass is 367 g/mol. The van der Waals surface area contributed by atoms with Crippen LogP contribution in [0.4, 0.5) is 0 Å². The molecule has 0 spiro atoms. The van der Waals surface area contributed by atoms with Gasteiger partial charge in [-0.05, 0) is 50.9 Å². The summed E-state index contributed by atoms with van der Waals surface area (Å²) in [5, 5.41) is 6.07. The fourth-order valence-corrected chi connectivity index (χ4v) is 4.80. The highest BCUT2D eigenvalue weighted by molar-refractivity contribution is 7.89. The molecular formula is C18H29N3O3S. The minimum Gasteiger partial charge on any atom is -0.350 e. The van der Waals surface area contributed by atoms with Crippen LogP contribution < -0.4 is 10.6 Å². The molecule has 0 saturated carbocycles. The number of nitrogens with zero attached hydrogens (tertiary/aromatic N) is 1. The summed E-state index contributed by atoms with van der Waals surface area (Å²) >= 11 is 0. The van der Waals surface area contributed by atoms with Crippen LogP contribution in [0.1, 0.15) is 49.0 Å². The topological polar surface area (TPSA) is 78.5 Å². The summed E-state index contributed by atoms with van der Waals surface area (Å²) in [6, 6.07) is 5.06. The van der Waals surface area contributed by atoms with Crippen molar-refractivity contribution in [1.29, 1.82) is 0 Å². The minimum absolute atomic E-state index is 0.163. The van der Waals surface area contributed by atoms with E-state index >= 15 is 0 Å². The highest BCUT2D eigenvalue weighted by Gasteiger charge is 2.28. The van der Waals surface area contributed by atoms with Gasteiger partial charge in [0.1, 0.15) is 0 Å². The van der Waals surface area contributed by atoms with Crippen LogP contribution in [-0.2, 0) is 10.0 Å². The Bertz CT molecular complexity index is 698. The molecule has 1 aromatic carbocycles. The van der Waals surface area contributed by atoms with E-state index in [9.17, 15) is 13.2 Å². The van der Waals surface area contributed by atoms with Crippen LogP contribution in [0.3, 0.4) is 0 Å². The van der Waals surface area contributed by atoms with Gasteiger partial charge < -0.3 is 10.6 Å². The van der Waals surface area contributed by atoms with Crippen LogP contribution >= 0.6 is 0 Å². The summed E-state index contributed by atoms with van der Waals surface area (Å²) in [7, 11) is -3.55. The van der Waals surface area contributed by atoms with Crippen LogP contribution in [0.25, 0.3) is 0 Å². The molecule has 0 unspecified atom stereocenters. The van der Waals surface area contributed by atoms with Crippen molar-refractivity contribution in [3.8, 4) is 0 Å². The van der Waals surface area contributed by atoms with Crippen molar-refractivity contribution >= 4 is 15.9 Å². The molecule has 1 amide bonds. The van der Waals surface area contributed by atoms with Gasteiger partial charge in [-0.1, -0.05) is 19.4 Å². The van der Waals surface area contributed by atoms with Gasteiger partial charge in [0.2, 0.25) is 10.0 Å². The van der Waals surface area contributed by atoms with E-state index in [2.05, 4.69) is 10.6 Å². The third-order valence-corrected chi connectivity index (χ3v) is 6.55. The number of rotatable bonds is 7. The second-order valence-corrected chi connectivity index (χ2v) is 8.52. The number of piperidine rings is 1. The number of sulfonamides is 1. The Morgan fingerprint density at radius 2 is 1.92 bits per heavy atom. The molecule has 0 bridgehead atoms. The Balaban J connectivity index is 2.18. The molecule has 1 saturated heterocycles. The Morgan fingerprint density at radius 3 is 2.56 bits per heavy atom. The summed E-state index contributed by atoms with van der Waals surface area (Å²) in [4.78, 5) is 12.6. The van der Waals surface area contributed by atoms with Crippen molar-refractivity contribution in [2.24, 2.45) is 0 Å². The molecule has 2 rings (SSSR count). The normalized spacial score (nSPS) is 17.2. The molecule has 1 atom stereocenters. The lowest BCUT2D eigenvalue weighted by Crippen LogP contribution is -2.39. The molecule has 25 heavy (non-hydrogen) atoms. The number of amides is 1. The minimum atomic E-state index is -3.55. The van der Waals surface area contributed by atoms with Crippen molar-refractivity contribution in [3.05, 3.63) is 29.3 Å². The fraction of sp³-hybridized carbons (Fsp3) is 0.611. The SMILES string of the molecule is CCN[C@H](C)CNC(=O)c1ccc(C)c(S(=O)(=O)N2CCCCC2)c1. The van der Waals surface area contributed by atoms with Crippen molar-refractivity contribution in [3.63, 3.8) is 0 Å². The second-order valence-electron chi connectivity index (χ2n) is 6.61. The van der Waals surface area contributed by atoms with Gasteiger partial charge in [0.05, 0.1) is 4.90 Å². The van der Waals surface area contributed by atoms with E-state index in [0.717, 1.165) is 25.8 Å². The first-order valence-corrected chi connectivity index (χ1v) is 10.4. The lowest BCUT2D eigenvalue weighted by molar-refractivity contribution is 0.0950. The maximum atomic E-state index is 12.9. The first-order chi connectivity index (χ1) is 11.9. The van der Waals surface area contributed by atoms with Crippen molar-refractivity contribution in [2.75, 3.05) is 26.2 Å². The molecule has 140 valence electrons. The van der Waals surface area contributed by atoms with Gasteiger partial charge in [-0.2, -0.15) is 4.31 Å². The molecule has 7 heteroatoms. The first kappa shape index (κ1) is 19.9. The molecule has 0 aliphatic carbocycles. The van der Waals surface area contributed by atoms with Gasteiger partial charge in [-0.15, -0.1) is 0 Å². The summed E-state index contributed by atoms with van der Waals surface area (Å²) < 4.78 is 27.4. The van der Waals surface area contributed by atoms with Crippen molar-refractivity contribution in [1.82, 2.24) is 14.9 Å². The van der Waals surface area contributed by atoms with Gasteiger partial charge in [0.15, 0.2) is 0 Å². The van der Waals surface area contributed by atoms with E-state index < -0.39 is 10.0 Å². The Hall–Kier alpha value is -1.44. The third-order valence-electron chi connectivity index (χ3n) is 4.50. The largest absolute Gasteiger partial charge is 0.350 e. The lowest BCUT2D eigenvalue weighted by atomic mass is 10.1. The summed E-state index contributed by atoms with van der Waals surface area (Å²) in [5.74, 6) is -0.250. The van der Waals surface area contributed by atoms with Gasteiger partial charge in [0, 0.05) is 31.2 Å². The number of hydrogen-bond donors (Lipinski definition) is 2. The van der Waals surface area contributed by atoms with Crippen LogP contribution in [0, 0.1) is 6.92 Å². The van der Waals surface area contributed by atoms with E-state index in [1.54, 1.807) is 19.1 Å². The second kappa shape index (κ2) is 8.78. The first-order valence-electron chi connectivity index (χ1n) is 8.98. The smallest absolute Gasteiger partial charge is 0.251 e. The number of carbonyl (C=O) groups is 1. The molecule has 1 heterocycles. The number of likely N-dealkylation sites (N-methyl/N-ethyl adjacent to an activating group) is 1. The molecule has 1 fully saturated rings. The van der Waals surface area contributed by atoms with E-state index in [-0.39, 0.29) is 16.8 Å². The van der Waals surface area contributed by atoms with E-state index in [4.69, 9.17) is 0 Å². The number of aryl methyl sites for hydroxylation is 1. The van der Waals surface area contributed by atoms with E-state index in [1.165, 1.54) is 10.4 Å². The number of nitrogens with one attached hydrogen (secondary N) is 2. The van der Waals surface area contributed by atoms with Gasteiger partial charge in [0.25, 0.3) is 5.91 Å². The molecule has 0 radical (unpaired) electrons. The average molecular weight is 368 g/mol. The molecule has 0 aromatic heterocycles. The summed E-state index contributed by atoms with van der Waals surface area (Å²) in [6.45, 7) is 8.21. The third kappa shape index (κ3) is 5.03. The highest BCUT2D eigenvalue weighted by Crippen LogP contribution is 2.24. The quantitative estimate of drug-likeness (QED) is 0.771. The zero-order valence-corrected chi connectivity index (χ0v) is 16.2. The summed E-state index contributed by atoms with van der Waals surface area (Å²) in [5.41, 5.74) is 1.05. The molecule has 6 nitrogen and oxygen atoms in total. The molecule has 2 N–H and O–H groups in total. The zero-order valence-electron chi connectivity index (χ0n) is 15.3. The Labute approximate surface area is 151 Å². The maximum Gasteiger partial charge on any atom is 0.251 e. The fourth-order valence-electron chi connectivity index (χ4n) is 3.03. The highest BCUT2D eigenvalue weighted by atomic mass is 32.2. The van der Waals surface area contributed by atoms with E-state index in [0.29, 0.717) is 30.8 Å². The predicted molar refractivity (Wildman–Crippen MR) is 99.3 cm³/mol.